The zero-order valence-electron chi connectivity index (χ0n) is 17.3. The first-order valence-corrected chi connectivity index (χ1v) is 10.3. The summed E-state index contributed by atoms with van der Waals surface area (Å²) in [6.45, 7) is 1.84. The van der Waals surface area contributed by atoms with Crippen LogP contribution in [0, 0.1) is 0 Å². The Morgan fingerprint density at radius 1 is 1.07 bits per heavy atom. The van der Waals surface area contributed by atoms with Gasteiger partial charge in [-0.05, 0) is 48.2 Å². The van der Waals surface area contributed by atoms with Gasteiger partial charge in [-0.15, -0.1) is 35.7 Å². The van der Waals surface area contributed by atoms with E-state index in [1.807, 2.05) is 7.05 Å². The van der Waals surface area contributed by atoms with E-state index in [4.69, 9.17) is 4.74 Å². The fourth-order valence-electron chi connectivity index (χ4n) is 2.66. The Morgan fingerprint density at radius 2 is 1.69 bits per heavy atom. The Labute approximate surface area is 194 Å². The number of thioether (sulfide) groups is 1. The Kier molecular flexibility index (Phi) is 11.5. The highest BCUT2D eigenvalue weighted by molar-refractivity contribution is 14.0. The predicted octanol–water partition coefficient (Wildman–Crippen LogP) is 3.47. The molecule has 0 aliphatic carbocycles. The van der Waals surface area contributed by atoms with Gasteiger partial charge < -0.3 is 20.3 Å². The lowest BCUT2D eigenvalue weighted by atomic mass is 10.2. The Hall–Kier alpha value is -1.94. The maximum Gasteiger partial charge on any atom is 0.251 e. The van der Waals surface area contributed by atoms with Gasteiger partial charge in [0, 0.05) is 44.2 Å². The van der Waals surface area contributed by atoms with Crippen LogP contribution >= 0.6 is 35.7 Å². The number of carbonyl (C=O) groups excluding carboxylic acids is 1. The summed E-state index contributed by atoms with van der Waals surface area (Å²) in [5.41, 5.74) is 1.83. The standard InChI is InChI=1S/C21H28N4O2S.HI/c1-22-21(25(2)15-16-5-11-19(28-4)12-6-16)24-14-13-23-20(26)17-7-9-18(27-3)10-8-17;/h5-12H,13-15H2,1-4H3,(H,22,24)(H,23,26);1H. The Balaban J connectivity index is 0.00000420. The molecular weight excluding hydrogens is 499 g/mol. The molecule has 2 aromatic carbocycles. The first-order valence-electron chi connectivity index (χ1n) is 9.04. The quantitative estimate of drug-likeness (QED) is 0.181. The van der Waals surface area contributed by atoms with E-state index in [2.05, 4.69) is 51.0 Å². The van der Waals surface area contributed by atoms with Crippen molar-refractivity contribution >= 4 is 47.6 Å². The van der Waals surface area contributed by atoms with E-state index in [0.717, 1.165) is 18.3 Å². The lowest BCUT2D eigenvalue weighted by Crippen LogP contribution is -2.42. The molecule has 0 aliphatic rings. The number of benzene rings is 2. The summed E-state index contributed by atoms with van der Waals surface area (Å²) in [4.78, 5) is 19.8. The zero-order valence-corrected chi connectivity index (χ0v) is 20.4. The second kappa shape index (κ2) is 13.3. The van der Waals surface area contributed by atoms with Gasteiger partial charge in [0.15, 0.2) is 5.96 Å². The van der Waals surface area contributed by atoms with Crippen molar-refractivity contribution in [3.8, 4) is 5.75 Å². The van der Waals surface area contributed by atoms with E-state index in [9.17, 15) is 4.79 Å². The molecule has 0 aliphatic heterocycles. The Morgan fingerprint density at radius 3 is 2.24 bits per heavy atom. The summed E-state index contributed by atoms with van der Waals surface area (Å²) < 4.78 is 5.10. The van der Waals surface area contributed by atoms with Gasteiger partial charge in [0.25, 0.3) is 5.91 Å². The summed E-state index contributed by atoms with van der Waals surface area (Å²) in [7, 11) is 5.35. The third-order valence-corrected chi connectivity index (χ3v) is 4.94. The van der Waals surface area contributed by atoms with Gasteiger partial charge in [-0.25, -0.2) is 0 Å². The average molecular weight is 528 g/mol. The third-order valence-electron chi connectivity index (χ3n) is 4.20. The number of hydrogen-bond donors (Lipinski definition) is 2. The monoisotopic (exact) mass is 528 g/mol. The molecule has 0 saturated heterocycles. The van der Waals surface area contributed by atoms with Crippen LogP contribution in [0.2, 0.25) is 0 Å². The molecule has 6 nitrogen and oxygen atoms in total. The van der Waals surface area contributed by atoms with Gasteiger partial charge >= 0.3 is 0 Å². The molecule has 1 amide bonds. The largest absolute Gasteiger partial charge is 0.497 e. The average Bonchev–Trinajstić information content (AvgIpc) is 2.74. The zero-order chi connectivity index (χ0) is 20.4. The van der Waals surface area contributed by atoms with Crippen LogP contribution in [-0.4, -0.2) is 57.3 Å². The number of nitrogens with one attached hydrogen (secondary N) is 2. The molecule has 2 N–H and O–H groups in total. The summed E-state index contributed by atoms with van der Waals surface area (Å²) in [5.74, 6) is 1.41. The predicted molar refractivity (Wildman–Crippen MR) is 132 cm³/mol. The van der Waals surface area contributed by atoms with Crippen molar-refractivity contribution in [1.82, 2.24) is 15.5 Å². The van der Waals surface area contributed by atoms with Crippen LogP contribution in [0.5, 0.6) is 5.75 Å². The van der Waals surface area contributed by atoms with Gasteiger partial charge in [-0.3, -0.25) is 9.79 Å². The van der Waals surface area contributed by atoms with Gasteiger partial charge in [-0.2, -0.15) is 0 Å². The molecule has 0 fully saturated rings. The molecule has 0 aromatic heterocycles. The van der Waals surface area contributed by atoms with Crippen molar-refractivity contribution in [2.75, 3.05) is 40.6 Å². The minimum absolute atomic E-state index is 0. The fraction of sp³-hybridized carbons (Fsp3) is 0.333. The van der Waals surface area contributed by atoms with Crippen molar-refractivity contribution < 1.29 is 9.53 Å². The van der Waals surface area contributed by atoms with Gasteiger partial charge in [-0.1, -0.05) is 12.1 Å². The molecule has 2 aromatic rings. The molecule has 158 valence electrons. The molecule has 29 heavy (non-hydrogen) atoms. The van der Waals surface area contributed by atoms with Gasteiger partial charge in [0.1, 0.15) is 5.75 Å². The van der Waals surface area contributed by atoms with Crippen LogP contribution in [0.4, 0.5) is 0 Å². The van der Waals surface area contributed by atoms with Crippen LogP contribution < -0.4 is 15.4 Å². The minimum Gasteiger partial charge on any atom is -0.497 e. The van der Waals surface area contributed by atoms with Crippen molar-refractivity contribution in [1.29, 1.82) is 0 Å². The van der Waals surface area contributed by atoms with Crippen molar-refractivity contribution in [3.05, 3.63) is 59.7 Å². The number of aliphatic imine (C=N–C) groups is 1. The highest BCUT2D eigenvalue weighted by Gasteiger charge is 2.08. The van der Waals surface area contributed by atoms with Crippen LogP contribution in [0.25, 0.3) is 0 Å². The normalized spacial score (nSPS) is 10.7. The molecule has 0 bridgehead atoms. The number of hydrogen-bond acceptors (Lipinski definition) is 4. The molecule has 0 saturated carbocycles. The number of rotatable bonds is 8. The van der Waals surface area contributed by atoms with Crippen molar-refractivity contribution in [2.45, 2.75) is 11.4 Å². The molecule has 0 radical (unpaired) electrons. The molecule has 0 atom stereocenters. The van der Waals surface area contributed by atoms with Crippen LogP contribution in [0.15, 0.2) is 58.4 Å². The van der Waals surface area contributed by atoms with Crippen LogP contribution in [0.3, 0.4) is 0 Å². The topological polar surface area (TPSA) is 66.0 Å². The fourth-order valence-corrected chi connectivity index (χ4v) is 3.07. The number of amides is 1. The smallest absolute Gasteiger partial charge is 0.251 e. The summed E-state index contributed by atoms with van der Waals surface area (Å²) >= 11 is 1.73. The van der Waals surface area contributed by atoms with E-state index in [1.54, 1.807) is 50.2 Å². The number of carbonyl (C=O) groups is 1. The summed E-state index contributed by atoms with van der Waals surface area (Å²) in [6, 6.07) is 15.5. The highest BCUT2D eigenvalue weighted by atomic mass is 127. The maximum atomic E-state index is 12.2. The number of methoxy groups -OCH3 is 1. The van der Waals surface area contributed by atoms with E-state index in [0.29, 0.717) is 18.7 Å². The number of guanidine groups is 1. The Bertz CT molecular complexity index is 782. The second-order valence-corrected chi connectivity index (χ2v) is 7.04. The molecule has 0 unspecified atom stereocenters. The second-order valence-electron chi connectivity index (χ2n) is 6.16. The minimum atomic E-state index is -0.110. The molecule has 0 spiro atoms. The number of halogens is 1. The molecule has 0 heterocycles. The van der Waals surface area contributed by atoms with Crippen LogP contribution in [-0.2, 0) is 6.54 Å². The van der Waals surface area contributed by atoms with Gasteiger partial charge in [0.05, 0.1) is 7.11 Å². The SMILES string of the molecule is CN=C(NCCNC(=O)c1ccc(OC)cc1)N(C)Cc1ccc(SC)cc1.I. The molecule has 8 heteroatoms. The molecule has 2 rings (SSSR count). The van der Waals surface area contributed by atoms with E-state index < -0.39 is 0 Å². The maximum absolute atomic E-state index is 12.2. The van der Waals surface area contributed by atoms with Crippen LogP contribution in [0.1, 0.15) is 15.9 Å². The first kappa shape index (κ1) is 25.1. The van der Waals surface area contributed by atoms with E-state index >= 15 is 0 Å². The third kappa shape index (κ3) is 8.14. The number of ether oxygens (including phenoxy) is 1. The van der Waals surface area contributed by atoms with Crippen molar-refractivity contribution in [3.63, 3.8) is 0 Å². The van der Waals surface area contributed by atoms with E-state index in [-0.39, 0.29) is 29.9 Å². The van der Waals surface area contributed by atoms with E-state index in [1.165, 1.54) is 10.5 Å². The highest BCUT2D eigenvalue weighted by Crippen LogP contribution is 2.15. The molecular formula is C21H29IN4O2S. The lowest BCUT2D eigenvalue weighted by molar-refractivity contribution is 0.0954. The first-order chi connectivity index (χ1) is 13.6. The number of nitrogens with zero attached hydrogens (tertiary/aromatic N) is 2. The van der Waals surface area contributed by atoms with Crippen molar-refractivity contribution in [2.24, 2.45) is 4.99 Å². The summed E-state index contributed by atoms with van der Waals surface area (Å²) in [6.07, 6.45) is 2.07. The van der Waals surface area contributed by atoms with Gasteiger partial charge in [0.2, 0.25) is 0 Å². The summed E-state index contributed by atoms with van der Waals surface area (Å²) in [5, 5.41) is 6.17. The lowest BCUT2D eigenvalue weighted by Gasteiger charge is -2.22.